The molecule has 1 N–H and O–H groups in total. The molecule has 2 aliphatic rings. The SMILES string of the molecule is CNC1CCN(C[C@H](c2cccc(Cl)c2)C2CCCCC2)CC1. The second-order valence-corrected chi connectivity index (χ2v) is 7.86. The van der Waals surface area contributed by atoms with Crippen LogP contribution in [0.4, 0.5) is 0 Å². The predicted octanol–water partition coefficient (Wildman–Crippen LogP) is 4.69. The summed E-state index contributed by atoms with van der Waals surface area (Å²) in [6.07, 6.45) is 9.58. The Morgan fingerprint density at radius 1 is 1.13 bits per heavy atom. The van der Waals surface area contributed by atoms with Crippen LogP contribution in [0.2, 0.25) is 5.02 Å². The van der Waals surface area contributed by atoms with E-state index < -0.39 is 0 Å². The first kappa shape index (κ1) is 17.3. The third-order valence-electron chi connectivity index (χ3n) is 5.95. The van der Waals surface area contributed by atoms with E-state index in [2.05, 4.69) is 35.5 Å². The average molecular weight is 335 g/mol. The molecule has 128 valence electrons. The van der Waals surface area contributed by atoms with Crippen molar-refractivity contribution in [3.63, 3.8) is 0 Å². The standard InChI is InChI=1S/C20H31ClN2/c1-22-19-10-12-23(13-11-19)15-20(16-6-3-2-4-7-16)17-8-5-9-18(21)14-17/h5,8-9,14,16,19-20,22H,2-4,6-7,10-13,15H2,1H3/t20-/m0/s1. The molecule has 1 atom stereocenters. The van der Waals surface area contributed by atoms with Gasteiger partial charge in [0, 0.05) is 17.6 Å². The van der Waals surface area contributed by atoms with Crippen molar-refractivity contribution in [1.82, 2.24) is 10.2 Å². The number of likely N-dealkylation sites (tertiary alicyclic amines) is 1. The maximum atomic E-state index is 6.29. The maximum absolute atomic E-state index is 6.29. The first-order valence-corrected chi connectivity index (χ1v) is 9.79. The molecule has 0 amide bonds. The normalized spacial score (nSPS) is 23.0. The average Bonchev–Trinajstić information content (AvgIpc) is 2.61. The Kier molecular flexibility index (Phi) is 6.38. The smallest absolute Gasteiger partial charge is 0.0408 e. The molecule has 0 bridgehead atoms. The molecule has 0 radical (unpaired) electrons. The number of rotatable bonds is 5. The van der Waals surface area contributed by atoms with E-state index in [4.69, 9.17) is 11.6 Å². The van der Waals surface area contributed by atoms with E-state index in [1.54, 1.807) is 0 Å². The second-order valence-electron chi connectivity index (χ2n) is 7.42. The Balaban J connectivity index is 1.70. The van der Waals surface area contributed by atoms with Gasteiger partial charge in [-0.3, -0.25) is 0 Å². The zero-order valence-electron chi connectivity index (χ0n) is 14.4. The van der Waals surface area contributed by atoms with Crippen molar-refractivity contribution in [2.24, 2.45) is 5.92 Å². The molecule has 3 rings (SSSR count). The largest absolute Gasteiger partial charge is 0.317 e. The summed E-state index contributed by atoms with van der Waals surface area (Å²) in [5.74, 6) is 1.49. The lowest BCUT2D eigenvalue weighted by atomic mass is 9.76. The molecule has 2 nitrogen and oxygen atoms in total. The minimum atomic E-state index is 0.653. The monoisotopic (exact) mass is 334 g/mol. The van der Waals surface area contributed by atoms with Gasteiger partial charge >= 0.3 is 0 Å². The molecular weight excluding hydrogens is 304 g/mol. The summed E-state index contributed by atoms with van der Waals surface area (Å²) in [4.78, 5) is 2.69. The van der Waals surface area contributed by atoms with Crippen LogP contribution >= 0.6 is 11.6 Å². The van der Waals surface area contributed by atoms with Crippen LogP contribution in [0.3, 0.4) is 0 Å². The molecule has 2 fully saturated rings. The van der Waals surface area contributed by atoms with Crippen LogP contribution in [0.25, 0.3) is 0 Å². The van der Waals surface area contributed by atoms with E-state index in [0.29, 0.717) is 12.0 Å². The summed E-state index contributed by atoms with van der Waals surface area (Å²) in [6.45, 7) is 3.67. The molecule has 1 aliphatic carbocycles. The molecule has 1 saturated carbocycles. The van der Waals surface area contributed by atoms with Crippen molar-refractivity contribution >= 4 is 11.6 Å². The maximum Gasteiger partial charge on any atom is 0.0408 e. The number of piperidine rings is 1. The van der Waals surface area contributed by atoms with Crippen molar-refractivity contribution in [2.45, 2.75) is 56.9 Å². The fourth-order valence-electron chi connectivity index (χ4n) is 4.48. The van der Waals surface area contributed by atoms with Gasteiger partial charge < -0.3 is 10.2 Å². The van der Waals surface area contributed by atoms with Crippen LogP contribution in [0, 0.1) is 5.92 Å². The number of hydrogen-bond acceptors (Lipinski definition) is 2. The van der Waals surface area contributed by atoms with Gasteiger partial charge in [0.25, 0.3) is 0 Å². The lowest BCUT2D eigenvalue weighted by Gasteiger charge is -2.38. The van der Waals surface area contributed by atoms with E-state index >= 15 is 0 Å². The summed E-state index contributed by atoms with van der Waals surface area (Å²) >= 11 is 6.29. The first-order chi connectivity index (χ1) is 11.3. The molecular formula is C20H31ClN2. The molecule has 0 aromatic heterocycles. The molecule has 23 heavy (non-hydrogen) atoms. The van der Waals surface area contributed by atoms with E-state index in [9.17, 15) is 0 Å². The topological polar surface area (TPSA) is 15.3 Å². The lowest BCUT2D eigenvalue weighted by molar-refractivity contribution is 0.164. The van der Waals surface area contributed by atoms with Gasteiger partial charge in [-0.15, -0.1) is 0 Å². The van der Waals surface area contributed by atoms with Crippen LogP contribution in [-0.4, -0.2) is 37.6 Å². The van der Waals surface area contributed by atoms with Gasteiger partial charge in [-0.25, -0.2) is 0 Å². The molecule has 0 unspecified atom stereocenters. The summed E-state index contributed by atoms with van der Waals surface area (Å²) < 4.78 is 0. The van der Waals surface area contributed by atoms with Crippen LogP contribution in [0.15, 0.2) is 24.3 Å². The van der Waals surface area contributed by atoms with Crippen molar-refractivity contribution in [2.75, 3.05) is 26.7 Å². The van der Waals surface area contributed by atoms with E-state index in [-0.39, 0.29) is 0 Å². The highest BCUT2D eigenvalue weighted by Crippen LogP contribution is 2.37. The van der Waals surface area contributed by atoms with Crippen molar-refractivity contribution in [3.8, 4) is 0 Å². The number of benzene rings is 1. The quantitative estimate of drug-likeness (QED) is 0.840. The highest BCUT2D eigenvalue weighted by Gasteiger charge is 2.28. The fraction of sp³-hybridized carbons (Fsp3) is 0.700. The summed E-state index contributed by atoms with van der Waals surface area (Å²) in [5.41, 5.74) is 1.46. The van der Waals surface area contributed by atoms with Crippen LogP contribution in [0.5, 0.6) is 0 Å². The Labute approximate surface area is 146 Å². The third kappa shape index (κ3) is 4.71. The minimum Gasteiger partial charge on any atom is -0.317 e. The first-order valence-electron chi connectivity index (χ1n) is 9.41. The summed E-state index contributed by atoms with van der Waals surface area (Å²) in [7, 11) is 2.09. The van der Waals surface area contributed by atoms with Gasteiger partial charge in [-0.1, -0.05) is 43.0 Å². The molecule has 0 spiro atoms. The van der Waals surface area contributed by atoms with Gasteiger partial charge in [0.15, 0.2) is 0 Å². The molecule has 1 aromatic carbocycles. The van der Waals surface area contributed by atoms with Gasteiger partial charge in [-0.2, -0.15) is 0 Å². The Morgan fingerprint density at radius 3 is 2.52 bits per heavy atom. The number of nitrogens with zero attached hydrogens (tertiary/aromatic N) is 1. The van der Waals surface area contributed by atoms with Crippen LogP contribution < -0.4 is 5.32 Å². The van der Waals surface area contributed by atoms with Crippen molar-refractivity contribution < 1.29 is 0 Å². The second kappa shape index (κ2) is 8.50. The zero-order chi connectivity index (χ0) is 16.1. The molecule has 1 heterocycles. The zero-order valence-corrected chi connectivity index (χ0v) is 15.2. The number of nitrogens with one attached hydrogen (secondary N) is 1. The van der Waals surface area contributed by atoms with Gasteiger partial charge in [-0.05, 0) is 75.4 Å². The highest BCUT2D eigenvalue weighted by atomic mass is 35.5. The van der Waals surface area contributed by atoms with Gasteiger partial charge in [0.1, 0.15) is 0 Å². The highest BCUT2D eigenvalue weighted by molar-refractivity contribution is 6.30. The number of hydrogen-bond donors (Lipinski definition) is 1. The fourth-order valence-corrected chi connectivity index (χ4v) is 4.68. The van der Waals surface area contributed by atoms with E-state index in [1.165, 1.54) is 70.1 Å². The molecule has 1 aliphatic heterocycles. The van der Waals surface area contributed by atoms with Gasteiger partial charge in [0.2, 0.25) is 0 Å². The molecule has 3 heteroatoms. The van der Waals surface area contributed by atoms with Crippen molar-refractivity contribution in [1.29, 1.82) is 0 Å². The van der Waals surface area contributed by atoms with Crippen LogP contribution in [-0.2, 0) is 0 Å². The summed E-state index contributed by atoms with van der Waals surface area (Å²) in [5, 5.41) is 4.32. The third-order valence-corrected chi connectivity index (χ3v) is 6.18. The Hall–Kier alpha value is -0.570. The van der Waals surface area contributed by atoms with Crippen molar-refractivity contribution in [3.05, 3.63) is 34.9 Å². The molecule has 1 aromatic rings. The Morgan fingerprint density at radius 2 is 1.87 bits per heavy atom. The predicted molar refractivity (Wildman–Crippen MR) is 99.3 cm³/mol. The lowest BCUT2D eigenvalue weighted by Crippen LogP contribution is -2.43. The minimum absolute atomic E-state index is 0.653. The summed E-state index contributed by atoms with van der Waals surface area (Å²) in [6, 6.07) is 9.35. The van der Waals surface area contributed by atoms with E-state index in [1.807, 2.05) is 6.07 Å². The van der Waals surface area contributed by atoms with Gasteiger partial charge in [0.05, 0.1) is 0 Å². The van der Waals surface area contributed by atoms with Crippen LogP contribution in [0.1, 0.15) is 56.4 Å². The molecule has 1 saturated heterocycles. The Bertz CT molecular complexity index is 476. The number of halogens is 1. The van der Waals surface area contributed by atoms with E-state index in [0.717, 1.165) is 10.9 Å².